The van der Waals surface area contributed by atoms with Crippen molar-refractivity contribution in [1.29, 1.82) is 0 Å². The molecule has 0 saturated carbocycles. The van der Waals surface area contributed by atoms with Gasteiger partial charge in [0.25, 0.3) is 0 Å². The van der Waals surface area contributed by atoms with E-state index in [4.69, 9.17) is 10.2 Å². The van der Waals surface area contributed by atoms with Crippen LogP contribution < -0.4 is 0 Å². The third-order valence-electron chi connectivity index (χ3n) is 1.49. The van der Waals surface area contributed by atoms with Crippen LogP contribution in [0.5, 0.6) is 0 Å². The number of aliphatic hydroxyl groups is 3. The summed E-state index contributed by atoms with van der Waals surface area (Å²) in [6, 6.07) is 0. The molecule has 0 radical (unpaired) electrons. The van der Waals surface area contributed by atoms with E-state index in [1.807, 2.05) is 0 Å². The van der Waals surface area contributed by atoms with Crippen molar-refractivity contribution in [2.24, 2.45) is 0 Å². The molecule has 12 heavy (non-hydrogen) atoms. The van der Waals surface area contributed by atoms with Crippen LogP contribution in [0, 0.1) is 0 Å². The van der Waals surface area contributed by atoms with Crippen LogP contribution >= 0.6 is 0 Å². The van der Waals surface area contributed by atoms with Crippen molar-refractivity contribution < 1.29 is 24.8 Å². The molecule has 0 aromatic rings. The van der Waals surface area contributed by atoms with Gasteiger partial charge in [-0.05, 0) is 0 Å². The van der Waals surface area contributed by atoms with Crippen LogP contribution in [0.4, 0.5) is 0 Å². The fraction of sp³-hybridized carbons (Fsp3) is 1.00. The van der Waals surface area contributed by atoms with Crippen molar-refractivity contribution in [2.75, 3.05) is 14.2 Å². The Morgan fingerprint density at radius 1 is 0.917 bits per heavy atom. The highest BCUT2D eigenvalue weighted by Crippen LogP contribution is 2.06. The van der Waals surface area contributed by atoms with Crippen LogP contribution in [0.25, 0.3) is 0 Å². The van der Waals surface area contributed by atoms with Crippen LogP contribution in [-0.4, -0.2) is 48.2 Å². The molecule has 0 amide bonds. The Morgan fingerprint density at radius 3 is 1.50 bits per heavy atom. The molecule has 0 heterocycles. The van der Waals surface area contributed by atoms with Gasteiger partial charge < -0.3 is 24.8 Å². The van der Waals surface area contributed by atoms with Gasteiger partial charge in [-0.25, -0.2) is 0 Å². The Labute approximate surface area is 71.5 Å². The monoisotopic (exact) mass is 180 g/mol. The summed E-state index contributed by atoms with van der Waals surface area (Å²) in [6.07, 6.45) is -2.68. The first kappa shape index (κ1) is 11.8. The highest BCUT2D eigenvalue weighted by Gasteiger charge is 2.14. The van der Waals surface area contributed by atoms with Gasteiger partial charge in [-0.1, -0.05) is 0 Å². The van der Waals surface area contributed by atoms with E-state index >= 15 is 0 Å². The molecule has 0 bridgehead atoms. The van der Waals surface area contributed by atoms with Crippen LogP contribution in [0.2, 0.25) is 0 Å². The van der Waals surface area contributed by atoms with Gasteiger partial charge in [0, 0.05) is 27.1 Å². The maximum Gasteiger partial charge on any atom is 0.156 e. The van der Waals surface area contributed by atoms with Gasteiger partial charge in [-0.3, -0.25) is 0 Å². The van der Waals surface area contributed by atoms with E-state index < -0.39 is 18.7 Å². The smallest absolute Gasteiger partial charge is 0.156 e. The zero-order valence-corrected chi connectivity index (χ0v) is 7.30. The van der Waals surface area contributed by atoms with Gasteiger partial charge in [0.1, 0.15) is 0 Å². The average Bonchev–Trinajstić information content (AvgIpc) is 2.03. The van der Waals surface area contributed by atoms with E-state index in [2.05, 4.69) is 9.47 Å². The largest absolute Gasteiger partial charge is 0.393 e. The Morgan fingerprint density at radius 2 is 1.25 bits per heavy atom. The van der Waals surface area contributed by atoms with Crippen LogP contribution in [0.1, 0.15) is 12.8 Å². The molecule has 0 aromatic carbocycles. The molecule has 0 aliphatic heterocycles. The summed E-state index contributed by atoms with van der Waals surface area (Å²) in [5.74, 6) is 0. The van der Waals surface area contributed by atoms with Gasteiger partial charge in [0.15, 0.2) is 12.6 Å². The molecule has 2 atom stereocenters. The highest BCUT2D eigenvalue weighted by atomic mass is 16.6. The Balaban J connectivity index is 3.51. The molecule has 0 fully saturated rings. The molecule has 0 rings (SSSR count). The molecule has 74 valence electrons. The van der Waals surface area contributed by atoms with Crippen molar-refractivity contribution in [3.63, 3.8) is 0 Å². The van der Waals surface area contributed by atoms with Gasteiger partial charge in [0.2, 0.25) is 0 Å². The topological polar surface area (TPSA) is 79.2 Å². The van der Waals surface area contributed by atoms with Crippen molar-refractivity contribution in [2.45, 2.75) is 31.5 Å². The molecule has 5 nitrogen and oxygen atoms in total. The molecule has 0 aromatic heterocycles. The van der Waals surface area contributed by atoms with Crippen molar-refractivity contribution in [1.82, 2.24) is 0 Å². The predicted molar refractivity (Wildman–Crippen MR) is 41.3 cm³/mol. The fourth-order valence-corrected chi connectivity index (χ4v) is 0.754. The summed E-state index contributed by atoms with van der Waals surface area (Å²) in [5, 5.41) is 27.0. The van der Waals surface area contributed by atoms with Crippen LogP contribution in [-0.2, 0) is 9.47 Å². The normalized spacial score (nSPS) is 18.8. The quantitative estimate of drug-likeness (QED) is 0.460. The molecule has 0 spiro atoms. The number of rotatable bonds is 6. The second-order valence-electron chi connectivity index (χ2n) is 2.51. The first-order valence-electron chi connectivity index (χ1n) is 3.70. The number of hydrogen-bond acceptors (Lipinski definition) is 5. The Kier molecular flexibility index (Phi) is 6.23. The van der Waals surface area contributed by atoms with E-state index in [-0.39, 0.29) is 12.8 Å². The number of hydrogen-bond donors (Lipinski definition) is 3. The minimum absolute atomic E-state index is 0.0664. The van der Waals surface area contributed by atoms with Gasteiger partial charge in [-0.2, -0.15) is 0 Å². The summed E-state index contributed by atoms with van der Waals surface area (Å²) >= 11 is 0. The molecule has 2 unspecified atom stereocenters. The Hall–Kier alpha value is -0.200. The van der Waals surface area contributed by atoms with Gasteiger partial charge in [-0.15, -0.1) is 0 Å². The lowest BCUT2D eigenvalue weighted by Crippen LogP contribution is -2.24. The lowest BCUT2D eigenvalue weighted by molar-refractivity contribution is -0.127. The number of methoxy groups -OCH3 is 2. The molecule has 0 aliphatic rings. The van der Waals surface area contributed by atoms with Gasteiger partial charge in [0.05, 0.1) is 6.10 Å². The molecular weight excluding hydrogens is 164 g/mol. The standard InChI is InChI=1S/C7H16O5/c1-11-6(9)3-5(8)4-7(10)12-2/h5-10H,3-4H2,1-2H3. The summed E-state index contributed by atoms with van der Waals surface area (Å²) < 4.78 is 9.02. The van der Waals surface area contributed by atoms with E-state index in [0.29, 0.717) is 0 Å². The summed E-state index contributed by atoms with van der Waals surface area (Å²) in [7, 11) is 2.67. The molecular formula is C7H16O5. The SMILES string of the molecule is COC(O)CC(O)CC(O)OC. The maximum atomic E-state index is 9.17. The average molecular weight is 180 g/mol. The third-order valence-corrected chi connectivity index (χ3v) is 1.49. The van der Waals surface area contributed by atoms with E-state index in [0.717, 1.165) is 0 Å². The zero-order chi connectivity index (χ0) is 9.56. The van der Waals surface area contributed by atoms with E-state index in [1.54, 1.807) is 0 Å². The number of aliphatic hydroxyl groups excluding tert-OH is 3. The van der Waals surface area contributed by atoms with Crippen molar-refractivity contribution in [3.8, 4) is 0 Å². The van der Waals surface area contributed by atoms with Crippen LogP contribution in [0.15, 0.2) is 0 Å². The maximum absolute atomic E-state index is 9.17. The number of ether oxygens (including phenoxy) is 2. The Bertz CT molecular complexity index is 96.0. The van der Waals surface area contributed by atoms with Crippen molar-refractivity contribution >= 4 is 0 Å². The first-order chi connectivity index (χ1) is 5.60. The summed E-state index contributed by atoms with van der Waals surface area (Å²) in [5.41, 5.74) is 0. The molecule has 0 saturated heterocycles. The minimum Gasteiger partial charge on any atom is -0.393 e. The summed E-state index contributed by atoms with van der Waals surface area (Å²) in [6.45, 7) is 0. The second-order valence-corrected chi connectivity index (χ2v) is 2.51. The molecule has 0 aliphatic carbocycles. The van der Waals surface area contributed by atoms with E-state index in [9.17, 15) is 5.11 Å². The summed E-state index contributed by atoms with van der Waals surface area (Å²) in [4.78, 5) is 0. The lowest BCUT2D eigenvalue weighted by Gasteiger charge is -2.16. The fourth-order valence-electron chi connectivity index (χ4n) is 0.754. The third kappa shape index (κ3) is 5.45. The van der Waals surface area contributed by atoms with Crippen LogP contribution in [0.3, 0.4) is 0 Å². The lowest BCUT2D eigenvalue weighted by atomic mass is 10.2. The zero-order valence-electron chi connectivity index (χ0n) is 7.30. The predicted octanol–water partition coefficient (Wildman–Crippen LogP) is -0.943. The van der Waals surface area contributed by atoms with E-state index in [1.165, 1.54) is 14.2 Å². The van der Waals surface area contributed by atoms with Crippen molar-refractivity contribution in [3.05, 3.63) is 0 Å². The van der Waals surface area contributed by atoms with Gasteiger partial charge >= 0.3 is 0 Å². The second kappa shape index (κ2) is 6.33. The molecule has 3 N–H and O–H groups in total. The minimum atomic E-state index is -0.996. The first-order valence-corrected chi connectivity index (χ1v) is 3.70. The highest BCUT2D eigenvalue weighted by molar-refractivity contribution is 4.58. The molecule has 5 heteroatoms.